The average molecular weight is 461 g/mol. The van der Waals surface area contributed by atoms with Crippen LogP contribution in [0, 0.1) is 0 Å². The van der Waals surface area contributed by atoms with Gasteiger partial charge in [0, 0.05) is 30.4 Å². The highest BCUT2D eigenvalue weighted by Crippen LogP contribution is 2.33. The molecule has 7 nitrogen and oxygen atoms in total. The summed E-state index contributed by atoms with van der Waals surface area (Å²) in [4.78, 5) is 42.2. The molecular weight excluding hydrogens is 444 g/mol. The number of thiocarbonyl (C=S) groups is 1. The molecule has 154 valence electrons. The lowest BCUT2D eigenvalue weighted by Crippen LogP contribution is -2.42. The SMILES string of the molecule is O=C(CCCN1C(=O)C(=Cc2ccccc2Cl)SC1=S)NNC(=O)c1cccnc1. The number of pyridine rings is 1. The highest BCUT2D eigenvalue weighted by atomic mass is 35.5. The van der Waals surface area contributed by atoms with Crippen LogP contribution < -0.4 is 10.9 Å². The van der Waals surface area contributed by atoms with E-state index in [1.54, 1.807) is 30.5 Å². The second kappa shape index (κ2) is 10.3. The lowest BCUT2D eigenvalue weighted by atomic mass is 10.2. The van der Waals surface area contributed by atoms with Crippen LogP contribution in [-0.4, -0.2) is 38.5 Å². The molecule has 10 heteroatoms. The number of amides is 3. The zero-order valence-electron chi connectivity index (χ0n) is 15.6. The van der Waals surface area contributed by atoms with Gasteiger partial charge < -0.3 is 0 Å². The molecule has 3 amide bonds. The van der Waals surface area contributed by atoms with Crippen LogP contribution in [-0.2, 0) is 9.59 Å². The third kappa shape index (κ3) is 5.65. The summed E-state index contributed by atoms with van der Waals surface area (Å²) in [6.45, 7) is 0.300. The van der Waals surface area contributed by atoms with Crippen LogP contribution in [0.25, 0.3) is 6.08 Å². The van der Waals surface area contributed by atoms with Crippen LogP contribution in [0.5, 0.6) is 0 Å². The predicted molar refractivity (Wildman–Crippen MR) is 120 cm³/mol. The lowest BCUT2D eigenvalue weighted by Gasteiger charge is -2.14. The van der Waals surface area contributed by atoms with Crippen molar-refractivity contribution in [2.45, 2.75) is 12.8 Å². The van der Waals surface area contributed by atoms with Crippen LogP contribution in [0.2, 0.25) is 5.02 Å². The summed E-state index contributed by atoms with van der Waals surface area (Å²) >= 11 is 12.6. The Morgan fingerprint density at radius 1 is 1.20 bits per heavy atom. The van der Waals surface area contributed by atoms with Gasteiger partial charge in [-0.15, -0.1) is 0 Å². The summed E-state index contributed by atoms with van der Waals surface area (Å²) < 4.78 is 0.434. The number of carbonyl (C=O) groups excluding carboxylic acids is 3. The predicted octanol–water partition coefficient (Wildman–Crippen LogP) is 3.18. The minimum Gasteiger partial charge on any atom is -0.293 e. The first kappa shape index (κ1) is 21.9. The summed E-state index contributed by atoms with van der Waals surface area (Å²) in [6.07, 6.45) is 5.16. The maximum Gasteiger partial charge on any atom is 0.271 e. The third-order valence-corrected chi connectivity index (χ3v) is 5.81. The van der Waals surface area contributed by atoms with E-state index in [1.165, 1.54) is 22.9 Å². The van der Waals surface area contributed by atoms with Crippen molar-refractivity contribution in [1.82, 2.24) is 20.7 Å². The van der Waals surface area contributed by atoms with Crippen LogP contribution in [0.1, 0.15) is 28.8 Å². The van der Waals surface area contributed by atoms with Gasteiger partial charge in [-0.2, -0.15) is 0 Å². The van der Waals surface area contributed by atoms with Gasteiger partial charge in [0.05, 0.1) is 10.5 Å². The van der Waals surface area contributed by atoms with Gasteiger partial charge in [0.15, 0.2) is 0 Å². The first-order valence-electron chi connectivity index (χ1n) is 8.95. The molecule has 0 aliphatic carbocycles. The average Bonchev–Trinajstić information content (AvgIpc) is 3.01. The van der Waals surface area contributed by atoms with Gasteiger partial charge in [0.25, 0.3) is 11.8 Å². The summed E-state index contributed by atoms with van der Waals surface area (Å²) in [6, 6.07) is 10.4. The van der Waals surface area contributed by atoms with Crippen LogP contribution in [0.4, 0.5) is 0 Å². The number of nitrogens with zero attached hydrogens (tertiary/aromatic N) is 2. The van der Waals surface area contributed by atoms with Crippen LogP contribution in [0.3, 0.4) is 0 Å². The highest BCUT2D eigenvalue weighted by Gasteiger charge is 2.31. The van der Waals surface area contributed by atoms with E-state index < -0.39 is 5.91 Å². The first-order chi connectivity index (χ1) is 14.5. The van der Waals surface area contributed by atoms with Gasteiger partial charge in [-0.1, -0.05) is 53.8 Å². The molecule has 0 radical (unpaired) electrons. The minimum absolute atomic E-state index is 0.119. The topological polar surface area (TPSA) is 91.4 Å². The van der Waals surface area contributed by atoms with E-state index in [0.29, 0.717) is 32.8 Å². The molecule has 0 spiro atoms. The third-order valence-electron chi connectivity index (χ3n) is 4.09. The number of hydrazine groups is 1. The van der Waals surface area contributed by atoms with Gasteiger partial charge >= 0.3 is 0 Å². The van der Waals surface area contributed by atoms with E-state index in [-0.39, 0.29) is 18.2 Å². The lowest BCUT2D eigenvalue weighted by molar-refractivity contribution is -0.124. The Bertz CT molecular complexity index is 1010. The number of benzene rings is 1. The number of aromatic nitrogens is 1. The van der Waals surface area contributed by atoms with E-state index in [1.807, 2.05) is 18.2 Å². The van der Waals surface area contributed by atoms with Gasteiger partial charge in [-0.3, -0.25) is 35.1 Å². The Hall–Kier alpha value is -2.75. The van der Waals surface area contributed by atoms with E-state index in [9.17, 15) is 14.4 Å². The fourth-order valence-electron chi connectivity index (χ4n) is 2.58. The number of nitrogens with one attached hydrogen (secondary N) is 2. The van der Waals surface area contributed by atoms with Crippen LogP contribution >= 0.6 is 35.6 Å². The van der Waals surface area contributed by atoms with Crippen LogP contribution in [0.15, 0.2) is 53.7 Å². The molecule has 1 aromatic carbocycles. The van der Waals surface area contributed by atoms with E-state index in [4.69, 9.17) is 23.8 Å². The van der Waals surface area contributed by atoms with Gasteiger partial charge in [0.1, 0.15) is 4.32 Å². The Balaban J connectivity index is 1.47. The van der Waals surface area contributed by atoms with Crippen molar-refractivity contribution in [2.24, 2.45) is 0 Å². The molecule has 1 aliphatic rings. The highest BCUT2D eigenvalue weighted by molar-refractivity contribution is 8.26. The zero-order chi connectivity index (χ0) is 21.5. The molecule has 0 bridgehead atoms. The summed E-state index contributed by atoms with van der Waals surface area (Å²) in [5.74, 6) is -1.04. The van der Waals surface area contributed by atoms with Gasteiger partial charge in [-0.25, -0.2) is 0 Å². The van der Waals surface area contributed by atoms with Crippen molar-refractivity contribution in [3.8, 4) is 0 Å². The maximum absolute atomic E-state index is 12.6. The summed E-state index contributed by atoms with van der Waals surface area (Å²) in [5, 5.41) is 0.549. The number of hydrogen-bond acceptors (Lipinski definition) is 6. The number of thioether (sulfide) groups is 1. The largest absolute Gasteiger partial charge is 0.293 e. The summed E-state index contributed by atoms with van der Waals surface area (Å²) in [7, 11) is 0. The van der Waals surface area contributed by atoms with Gasteiger partial charge in [0.2, 0.25) is 5.91 Å². The first-order valence-corrected chi connectivity index (χ1v) is 10.5. The molecule has 0 unspecified atom stereocenters. The van der Waals surface area contributed by atoms with Crippen molar-refractivity contribution in [1.29, 1.82) is 0 Å². The van der Waals surface area contributed by atoms with E-state index in [2.05, 4.69) is 15.8 Å². The van der Waals surface area contributed by atoms with Crippen molar-refractivity contribution < 1.29 is 14.4 Å². The Kier molecular flexibility index (Phi) is 7.56. The zero-order valence-corrected chi connectivity index (χ0v) is 18.0. The number of carbonyl (C=O) groups is 3. The van der Waals surface area contributed by atoms with E-state index >= 15 is 0 Å². The molecule has 2 aromatic rings. The molecule has 1 saturated heterocycles. The molecule has 30 heavy (non-hydrogen) atoms. The second-order valence-corrected chi connectivity index (χ2v) is 8.29. The van der Waals surface area contributed by atoms with Crippen molar-refractivity contribution in [2.75, 3.05) is 6.54 Å². The Labute approximate surface area is 187 Å². The molecule has 1 aliphatic heterocycles. The quantitative estimate of drug-likeness (QED) is 0.391. The molecular formula is C20H17ClN4O3S2. The number of halogens is 1. The normalized spacial score (nSPS) is 14.8. The molecule has 1 aromatic heterocycles. The van der Waals surface area contributed by atoms with Crippen molar-refractivity contribution >= 4 is 63.7 Å². The van der Waals surface area contributed by atoms with Crippen molar-refractivity contribution in [3.63, 3.8) is 0 Å². The Morgan fingerprint density at radius 3 is 2.73 bits per heavy atom. The summed E-state index contributed by atoms with van der Waals surface area (Å²) in [5.41, 5.74) is 5.74. The molecule has 2 N–H and O–H groups in total. The fraction of sp³-hybridized carbons (Fsp3) is 0.150. The Morgan fingerprint density at radius 2 is 2.00 bits per heavy atom. The molecule has 1 fully saturated rings. The smallest absolute Gasteiger partial charge is 0.271 e. The molecule has 3 rings (SSSR count). The molecule has 0 saturated carbocycles. The monoisotopic (exact) mass is 460 g/mol. The number of hydrogen-bond donors (Lipinski definition) is 2. The fourth-order valence-corrected chi connectivity index (χ4v) is 4.07. The maximum atomic E-state index is 12.6. The number of rotatable bonds is 6. The van der Waals surface area contributed by atoms with E-state index in [0.717, 1.165) is 5.56 Å². The van der Waals surface area contributed by atoms with Gasteiger partial charge in [-0.05, 0) is 36.3 Å². The standard InChI is InChI=1S/C20H17ClN4O3S2/c21-15-7-2-1-5-13(15)11-16-19(28)25(20(29)30-16)10-4-8-17(26)23-24-18(27)14-6-3-9-22-12-14/h1-3,5-7,9,11-12H,4,8,10H2,(H,23,26)(H,24,27). The molecule has 0 atom stereocenters. The molecule has 2 heterocycles. The second-order valence-electron chi connectivity index (χ2n) is 6.20. The van der Waals surface area contributed by atoms with Crippen molar-refractivity contribution in [3.05, 3.63) is 69.8 Å². The minimum atomic E-state index is -0.460.